The van der Waals surface area contributed by atoms with Gasteiger partial charge in [-0.15, -0.1) is 0 Å². The molecule has 6 heteroatoms. The molecule has 1 unspecified atom stereocenters. The quantitative estimate of drug-likeness (QED) is 0.811. The Morgan fingerprint density at radius 2 is 2.29 bits per heavy atom. The predicted octanol–water partition coefficient (Wildman–Crippen LogP) is 2.73. The summed E-state index contributed by atoms with van der Waals surface area (Å²) in [6.07, 6.45) is 0. The molecule has 0 aliphatic rings. The first kappa shape index (κ1) is 14.6. The minimum absolute atomic E-state index is 0.00617. The summed E-state index contributed by atoms with van der Waals surface area (Å²) in [6, 6.07) is 4.60. The van der Waals surface area contributed by atoms with E-state index >= 15 is 0 Å². The third kappa shape index (κ3) is 4.37. The minimum atomic E-state index is -0.553. The van der Waals surface area contributed by atoms with Crippen LogP contribution in [0.25, 0.3) is 0 Å². The molecule has 0 aromatic heterocycles. The fraction of sp³-hybridized carbons (Fsp3) is 0.364. The number of nitrogens with one attached hydrogen (secondary N) is 1. The zero-order valence-electron chi connectivity index (χ0n) is 9.17. The molecule has 94 valence electrons. The molecule has 1 N–H and O–H groups in total. The number of methoxy groups -OCH3 is 1. The molecule has 0 saturated carbocycles. The van der Waals surface area contributed by atoms with Crippen LogP contribution < -0.4 is 5.32 Å². The summed E-state index contributed by atoms with van der Waals surface area (Å²) in [5, 5.41) is 2.62. The number of hydrogen-bond acceptors (Lipinski definition) is 2. The molecule has 3 nitrogen and oxygen atoms in total. The van der Waals surface area contributed by atoms with E-state index in [-0.39, 0.29) is 14.9 Å². The van der Waals surface area contributed by atoms with Gasteiger partial charge in [0, 0.05) is 13.7 Å². The fourth-order valence-corrected chi connectivity index (χ4v) is 2.01. The van der Waals surface area contributed by atoms with Crippen LogP contribution >= 0.6 is 31.9 Å². The van der Waals surface area contributed by atoms with Gasteiger partial charge in [0.25, 0.3) is 5.91 Å². The number of halogens is 3. The van der Waals surface area contributed by atoms with Crippen molar-refractivity contribution in [1.29, 1.82) is 0 Å². The lowest BCUT2D eigenvalue weighted by molar-refractivity contribution is 0.0946. The molecule has 1 aromatic carbocycles. The Kier molecular flexibility index (Phi) is 6.08. The van der Waals surface area contributed by atoms with Crippen LogP contribution in [-0.2, 0) is 4.74 Å². The zero-order valence-corrected chi connectivity index (χ0v) is 12.3. The maximum absolute atomic E-state index is 13.6. The summed E-state index contributed by atoms with van der Waals surface area (Å²) in [7, 11) is 1.57. The summed E-state index contributed by atoms with van der Waals surface area (Å²) in [4.78, 5) is 11.7. The highest BCUT2D eigenvalue weighted by atomic mass is 79.9. The van der Waals surface area contributed by atoms with Crippen molar-refractivity contribution >= 4 is 37.8 Å². The van der Waals surface area contributed by atoms with E-state index in [1.165, 1.54) is 6.07 Å². The molecule has 0 radical (unpaired) electrons. The van der Waals surface area contributed by atoms with Crippen LogP contribution in [0, 0.1) is 5.82 Å². The summed E-state index contributed by atoms with van der Waals surface area (Å²) < 4.78 is 18.8. The zero-order chi connectivity index (χ0) is 12.8. The SMILES string of the molecule is COCC(Br)CNC(=O)c1cccc(Br)c1F. The van der Waals surface area contributed by atoms with Gasteiger partial charge in [-0.1, -0.05) is 22.0 Å². The van der Waals surface area contributed by atoms with Crippen molar-refractivity contribution < 1.29 is 13.9 Å². The predicted molar refractivity (Wildman–Crippen MR) is 71.0 cm³/mol. The Labute approximate surface area is 116 Å². The summed E-state index contributed by atoms with van der Waals surface area (Å²) in [6.45, 7) is 0.847. The van der Waals surface area contributed by atoms with Crippen molar-refractivity contribution in [1.82, 2.24) is 5.32 Å². The van der Waals surface area contributed by atoms with Crippen LogP contribution in [0.5, 0.6) is 0 Å². The Bertz CT molecular complexity index is 401. The first-order valence-corrected chi connectivity index (χ1v) is 6.62. The van der Waals surface area contributed by atoms with Crippen molar-refractivity contribution in [2.45, 2.75) is 4.83 Å². The van der Waals surface area contributed by atoms with Crippen LogP contribution in [0.1, 0.15) is 10.4 Å². The lowest BCUT2D eigenvalue weighted by Gasteiger charge is -2.10. The van der Waals surface area contributed by atoms with Gasteiger partial charge in [0.15, 0.2) is 0 Å². The number of benzene rings is 1. The molecule has 17 heavy (non-hydrogen) atoms. The summed E-state index contributed by atoms with van der Waals surface area (Å²) >= 11 is 6.36. The van der Waals surface area contributed by atoms with Gasteiger partial charge in [0.1, 0.15) is 5.82 Å². The molecule has 0 heterocycles. The maximum Gasteiger partial charge on any atom is 0.254 e. The van der Waals surface area contributed by atoms with Crippen LogP contribution in [0.15, 0.2) is 22.7 Å². The Balaban J connectivity index is 2.61. The molecule has 1 amide bonds. The number of alkyl halides is 1. The van der Waals surface area contributed by atoms with Crippen molar-refractivity contribution in [3.05, 3.63) is 34.1 Å². The molecule has 1 aromatic rings. The molecular formula is C11H12Br2FNO2. The third-order valence-electron chi connectivity index (χ3n) is 2.03. The molecular weight excluding hydrogens is 357 g/mol. The molecule has 1 atom stereocenters. The first-order chi connectivity index (χ1) is 8.06. The number of carbonyl (C=O) groups excluding carboxylic acids is 1. The van der Waals surface area contributed by atoms with E-state index in [1.54, 1.807) is 19.2 Å². The van der Waals surface area contributed by atoms with Crippen LogP contribution in [-0.4, -0.2) is 31.0 Å². The van der Waals surface area contributed by atoms with E-state index < -0.39 is 11.7 Å². The molecule has 0 bridgehead atoms. The number of hydrogen-bond donors (Lipinski definition) is 1. The van der Waals surface area contributed by atoms with E-state index in [0.717, 1.165) is 0 Å². The molecule has 0 aliphatic heterocycles. The standard InChI is InChI=1S/C11H12Br2FNO2/c1-17-6-7(12)5-15-11(16)8-3-2-4-9(13)10(8)14/h2-4,7H,5-6H2,1H3,(H,15,16). The van der Waals surface area contributed by atoms with Crippen molar-refractivity contribution in [2.24, 2.45) is 0 Å². The van der Waals surface area contributed by atoms with E-state index in [0.29, 0.717) is 13.2 Å². The van der Waals surface area contributed by atoms with Gasteiger partial charge in [-0.05, 0) is 28.1 Å². The highest BCUT2D eigenvalue weighted by Crippen LogP contribution is 2.18. The van der Waals surface area contributed by atoms with Crippen molar-refractivity contribution in [2.75, 3.05) is 20.3 Å². The van der Waals surface area contributed by atoms with Crippen LogP contribution in [0.3, 0.4) is 0 Å². The average molecular weight is 369 g/mol. The lowest BCUT2D eigenvalue weighted by Crippen LogP contribution is -2.32. The Morgan fingerprint density at radius 3 is 2.94 bits per heavy atom. The minimum Gasteiger partial charge on any atom is -0.383 e. The average Bonchev–Trinajstić information content (AvgIpc) is 2.30. The molecule has 0 fully saturated rings. The van der Waals surface area contributed by atoms with E-state index in [2.05, 4.69) is 37.2 Å². The van der Waals surface area contributed by atoms with Gasteiger partial charge in [-0.2, -0.15) is 0 Å². The molecule has 0 saturated heterocycles. The number of ether oxygens (including phenoxy) is 1. The second kappa shape index (κ2) is 7.08. The van der Waals surface area contributed by atoms with E-state index in [4.69, 9.17) is 4.74 Å². The van der Waals surface area contributed by atoms with Gasteiger partial charge in [-0.3, -0.25) is 4.79 Å². The normalized spacial score (nSPS) is 12.2. The topological polar surface area (TPSA) is 38.3 Å². The molecule has 1 rings (SSSR count). The van der Waals surface area contributed by atoms with E-state index in [9.17, 15) is 9.18 Å². The van der Waals surface area contributed by atoms with E-state index in [1.807, 2.05) is 0 Å². The van der Waals surface area contributed by atoms with Crippen molar-refractivity contribution in [3.63, 3.8) is 0 Å². The molecule has 0 spiro atoms. The second-order valence-corrected chi connectivity index (χ2v) is 5.51. The number of rotatable bonds is 5. The first-order valence-electron chi connectivity index (χ1n) is 4.91. The Hall–Kier alpha value is -0.460. The summed E-state index contributed by atoms with van der Waals surface area (Å²) in [5.41, 5.74) is 0.0245. The fourth-order valence-electron chi connectivity index (χ4n) is 1.22. The molecule has 0 aliphatic carbocycles. The Morgan fingerprint density at radius 1 is 1.59 bits per heavy atom. The maximum atomic E-state index is 13.6. The van der Waals surface area contributed by atoms with Gasteiger partial charge >= 0.3 is 0 Å². The lowest BCUT2D eigenvalue weighted by atomic mass is 10.2. The third-order valence-corrected chi connectivity index (χ3v) is 3.23. The largest absolute Gasteiger partial charge is 0.383 e. The van der Waals surface area contributed by atoms with Crippen LogP contribution in [0.2, 0.25) is 0 Å². The van der Waals surface area contributed by atoms with Crippen LogP contribution in [0.4, 0.5) is 4.39 Å². The second-order valence-electron chi connectivity index (χ2n) is 3.36. The highest BCUT2D eigenvalue weighted by Gasteiger charge is 2.14. The monoisotopic (exact) mass is 367 g/mol. The highest BCUT2D eigenvalue weighted by molar-refractivity contribution is 9.10. The van der Waals surface area contributed by atoms with Crippen molar-refractivity contribution in [3.8, 4) is 0 Å². The number of amides is 1. The van der Waals surface area contributed by atoms with Gasteiger partial charge in [0.2, 0.25) is 0 Å². The number of carbonyl (C=O) groups is 1. The smallest absolute Gasteiger partial charge is 0.254 e. The van der Waals surface area contributed by atoms with Gasteiger partial charge in [0.05, 0.1) is 21.5 Å². The van der Waals surface area contributed by atoms with Gasteiger partial charge in [-0.25, -0.2) is 4.39 Å². The summed E-state index contributed by atoms with van der Waals surface area (Å²) in [5.74, 6) is -0.993. The van der Waals surface area contributed by atoms with Gasteiger partial charge < -0.3 is 10.1 Å².